The van der Waals surface area contributed by atoms with Crippen LogP contribution in [0.5, 0.6) is 11.5 Å². The van der Waals surface area contributed by atoms with Gasteiger partial charge in [-0.25, -0.2) is 4.98 Å². The third-order valence-corrected chi connectivity index (χ3v) is 5.69. The van der Waals surface area contributed by atoms with Crippen LogP contribution in [0.3, 0.4) is 0 Å². The van der Waals surface area contributed by atoms with E-state index in [0.717, 1.165) is 10.2 Å². The molecular weight excluding hydrogens is 403 g/mol. The van der Waals surface area contributed by atoms with Gasteiger partial charge in [-0.05, 0) is 48.0 Å². The first-order valence-corrected chi connectivity index (χ1v) is 9.67. The Morgan fingerprint density at radius 3 is 2.52 bits per heavy atom. The molecule has 1 atom stereocenters. The minimum atomic E-state index is -0.526. The molecule has 0 saturated heterocycles. The average molecular weight is 417 g/mol. The van der Waals surface area contributed by atoms with Crippen molar-refractivity contribution in [2.75, 3.05) is 5.32 Å². The number of rotatable bonds is 4. The van der Waals surface area contributed by atoms with Crippen LogP contribution >= 0.6 is 34.5 Å². The molecule has 4 aromatic rings. The van der Waals surface area contributed by atoms with Crippen molar-refractivity contribution in [2.45, 2.75) is 6.04 Å². The summed E-state index contributed by atoms with van der Waals surface area (Å²) in [6.07, 6.45) is 0. The molecule has 0 amide bonds. The molecule has 0 fully saturated rings. The number of nitrogens with one attached hydrogen (secondary N) is 1. The molecule has 4 nitrogen and oxygen atoms in total. The van der Waals surface area contributed by atoms with Crippen LogP contribution < -0.4 is 5.32 Å². The van der Waals surface area contributed by atoms with Crippen LogP contribution in [0, 0.1) is 0 Å². The zero-order chi connectivity index (χ0) is 19.0. The highest BCUT2D eigenvalue weighted by Gasteiger charge is 2.22. The maximum atomic E-state index is 10.4. The molecule has 1 unspecified atom stereocenters. The number of para-hydroxylation sites is 1. The van der Waals surface area contributed by atoms with Crippen molar-refractivity contribution in [1.82, 2.24) is 4.98 Å². The lowest BCUT2D eigenvalue weighted by atomic mass is 9.97. The standard InChI is InChI=1S/C20H14Cl2N2O2S/c21-11-5-7-13(15(22)9-11)19(14-10-12(25)6-8-17(14)26)24-20-23-16-3-1-2-4-18(16)27-20/h1-10,19,25-26H,(H,23,24). The minimum Gasteiger partial charge on any atom is -0.508 e. The van der Waals surface area contributed by atoms with Crippen LogP contribution in [0.15, 0.2) is 60.7 Å². The van der Waals surface area contributed by atoms with Gasteiger partial charge >= 0.3 is 0 Å². The number of hydrogen-bond donors (Lipinski definition) is 3. The van der Waals surface area contributed by atoms with Crippen LogP contribution in [-0.4, -0.2) is 15.2 Å². The Bertz CT molecular complexity index is 1100. The monoisotopic (exact) mass is 416 g/mol. The molecule has 4 rings (SSSR count). The predicted octanol–water partition coefficient (Wildman–Crippen LogP) is 6.22. The van der Waals surface area contributed by atoms with E-state index < -0.39 is 6.04 Å². The number of fused-ring (bicyclic) bond motifs is 1. The van der Waals surface area contributed by atoms with Crippen molar-refractivity contribution in [3.05, 3.63) is 81.8 Å². The number of phenolic OH excluding ortho intramolecular Hbond substituents is 2. The molecular formula is C20H14Cl2N2O2S. The van der Waals surface area contributed by atoms with Gasteiger partial charge in [-0.1, -0.05) is 52.7 Å². The highest BCUT2D eigenvalue weighted by atomic mass is 35.5. The van der Waals surface area contributed by atoms with Gasteiger partial charge in [0.25, 0.3) is 0 Å². The van der Waals surface area contributed by atoms with E-state index in [1.807, 2.05) is 24.3 Å². The summed E-state index contributed by atoms with van der Waals surface area (Å²) in [5.74, 6) is 0.0846. The number of halogens is 2. The lowest BCUT2D eigenvalue weighted by molar-refractivity contribution is 0.453. The first kappa shape index (κ1) is 17.9. The van der Waals surface area contributed by atoms with Gasteiger partial charge in [-0.3, -0.25) is 0 Å². The Kier molecular flexibility index (Phi) is 4.83. The quantitative estimate of drug-likeness (QED) is 0.345. The zero-order valence-corrected chi connectivity index (χ0v) is 16.2. The van der Waals surface area contributed by atoms with Crippen molar-refractivity contribution in [2.24, 2.45) is 0 Å². The Balaban J connectivity index is 1.83. The zero-order valence-electron chi connectivity index (χ0n) is 13.9. The predicted molar refractivity (Wildman–Crippen MR) is 111 cm³/mol. The molecule has 3 aromatic carbocycles. The van der Waals surface area contributed by atoms with Gasteiger partial charge in [0.2, 0.25) is 0 Å². The Hall–Kier alpha value is -2.47. The maximum Gasteiger partial charge on any atom is 0.184 e. The number of phenols is 2. The number of anilines is 1. The number of hydrogen-bond acceptors (Lipinski definition) is 5. The smallest absolute Gasteiger partial charge is 0.184 e. The van der Waals surface area contributed by atoms with Gasteiger partial charge < -0.3 is 15.5 Å². The molecule has 27 heavy (non-hydrogen) atoms. The van der Waals surface area contributed by atoms with E-state index in [2.05, 4.69) is 10.3 Å². The SMILES string of the molecule is Oc1ccc(O)c(C(Nc2nc3ccccc3s2)c2ccc(Cl)cc2Cl)c1. The fraction of sp³-hybridized carbons (Fsp3) is 0.0500. The first-order valence-electron chi connectivity index (χ1n) is 8.10. The molecule has 0 aliphatic carbocycles. The van der Waals surface area contributed by atoms with E-state index in [9.17, 15) is 10.2 Å². The van der Waals surface area contributed by atoms with Crippen LogP contribution in [0.2, 0.25) is 10.0 Å². The van der Waals surface area contributed by atoms with Gasteiger partial charge in [0.15, 0.2) is 5.13 Å². The second-order valence-corrected chi connectivity index (χ2v) is 7.85. The summed E-state index contributed by atoms with van der Waals surface area (Å²) in [7, 11) is 0. The molecule has 136 valence electrons. The molecule has 7 heteroatoms. The molecule has 1 heterocycles. The van der Waals surface area contributed by atoms with Gasteiger partial charge in [0.1, 0.15) is 11.5 Å². The molecule has 0 aliphatic rings. The molecule has 0 spiro atoms. The van der Waals surface area contributed by atoms with E-state index >= 15 is 0 Å². The Labute approximate surface area is 169 Å². The maximum absolute atomic E-state index is 10.4. The summed E-state index contributed by atoms with van der Waals surface area (Å²) in [4.78, 5) is 4.60. The largest absolute Gasteiger partial charge is 0.508 e. The van der Waals surface area contributed by atoms with E-state index in [4.69, 9.17) is 23.2 Å². The third-order valence-electron chi connectivity index (χ3n) is 4.16. The summed E-state index contributed by atoms with van der Waals surface area (Å²) in [5, 5.41) is 25.3. The van der Waals surface area contributed by atoms with Crippen LogP contribution in [0.25, 0.3) is 10.2 Å². The fourth-order valence-corrected chi connectivity index (χ4v) is 4.30. The first-order chi connectivity index (χ1) is 13.0. The van der Waals surface area contributed by atoms with Gasteiger partial charge in [-0.15, -0.1) is 0 Å². The topological polar surface area (TPSA) is 65.4 Å². The lowest BCUT2D eigenvalue weighted by Gasteiger charge is -2.21. The summed E-state index contributed by atoms with van der Waals surface area (Å²) < 4.78 is 1.04. The molecule has 1 aromatic heterocycles. The molecule has 0 aliphatic heterocycles. The van der Waals surface area contributed by atoms with E-state index in [1.165, 1.54) is 29.5 Å². The summed E-state index contributed by atoms with van der Waals surface area (Å²) in [5.41, 5.74) is 2.07. The number of aromatic nitrogens is 1. The van der Waals surface area contributed by atoms with Crippen molar-refractivity contribution >= 4 is 49.9 Å². The molecule has 0 bridgehead atoms. The number of thiazole rings is 1. The van der Waals surface area contributed by atoms with Crippen LogP contribution in [-0.2, 0) is 0 Å². The number of nitrogens with zero attached hydrogens (tertiary/aromatic N) is 1. The highest BCUT2D eigenvalue weighted by molar-refractivity contribution is 7.22. The highest BCUT2D eigenvalue weighted by Crippen LogP contribution is 2.39. The molecule has 0 saturated carbocycles. The molecule has 3 N–H and O–H groups in total. The second-order valence-electron chi connectivity index (χ2n) is 5.97. The van der Waals surface area contributed by atoms with Gasteiger partial charge in [0.05, 0.1) is 16.3 Å². The third kappa shape index (κ3) is 3.67. The second kappa shape index (κ2) is 7.27. The van der Waals surface area contributed by atoms with Crippen LogP contribution in [0.4, 0.5) is 5.13 Å². The van der Waals surface area contributed by atoms with Crippen molar-refractivity contribution < 1.29 is 10.2 Å². The van der Waals surface area contributed by atoms with Crippen molar-refractivity contribution in [3.63, 3.8) is 0 Å². The van der Waals surface area contributed by atoms with Gasteiger partial charge in [0, 0.05) is 15.6 Å². The Morgan fingerprint density at radius 1 is 0.926 bits per heavy atom. The minimum absolute atomic E-state index is 0.0393. The van der Waals surface area contributed by atoms with Crippen molar-refractivity contribution in [3.8, 4) is 11.5 Å². The lowest BCUT2D eigenvalue weighted by Crippen LogP contribution is -2.13. The summed E-state index contributed by atoms with van der Waals surface area (Å²) >= 11 is 14.0. The fourth-order valence-electron chi connectivity index (χ4n) is 2.89. The normalized spacial score (nSPS) is 12.2. The van der Waals surface area contributed by atoms with Gasteiger partial charge in [-0.2, -0.15) is 0 Å². The average Bonchev–Trinajstić information content (AvgIpc) is 3.05. The van der Waals surface area contributed by atoms with E-state index in [1.54, 1.807) is 18.2 Å². The molecule has 0 radical (unpaired) electrons. The van der Waals surface area contributed by atoms with E-state index in [0.29, 0.717) is 26.3 Å². The number of aromatic hydroxyl groups is 2. The van der Waals surface area contributed by atoms with Crippen LogP contribution in [0.1, 0.15) is 17.2 Å². The summed E-state index contributed by atoms with van der Waals surface area (Å²) in [6.45, 7) is 0. The van der Waals surface area contributed by atoms with E-state index in [-0.39, 0.29) is 11.5 Å². The van der Waals surface area contributed by atoms with Crippen molar-refractivity contribution in [1.29, 1.82) is 0 Å². The number of benzene rings is 3. The Morgan fingerprint density at radius 2 is 1.74 bits per heavy atom. The summed E-state index contributed by atoms with van der Waals surface area (Å²) in [6, 6.07) is 16.8.